The fourth-order valence-electron chi connectivity index (χ4n) is 2.11. The third kappa shape index (κ3) is 2.74. The summed E-state index contributed by atoms with van der Waals surface area (Å²) in [6.45, 7) is 2.87. The molecule has 0 spiro atoms. The lowest BCUT2D eigenvalue weighted by molar-refractivity contribution is 0.0287. The molecule has 0 radical (unpaired) electrons. The Morgan fingerprint density at radius 3 is 3.37 bits per heavy atom. The summed E-state index contributed by atoms with van der Waals surface area (Å²) in [4.78, 5) is 16.2. The van der Waals surface area contributed by atoms with Crippen LogP contribution in [0.15, 0.2) is 30.7 Å². The highest BCUT2D eigenvalue weighted by Crippen LogP contribution is 2.05. The number of carbonyl (C=O) groups excluding carboxylic acids is 1. The number of fused-ring (bicyclic) bond motifs is 1. The Kier molecular flexibility index (Phi) is 3.43. The average Bonchev–Trinajstić information content (AvgIpc) is 2.93. The molecule has 2 aromatic heterocycles. The highest BCUT2D eigenvalue weighted by molar-refractivity contribution is 5.94. The van der Waals surface area contributed by atoms with Gasteiger partial charge in [0.25, 0.3) is 5.91 Å². The van der Waals surface area contributed by atoms with E-state index in [1.165, 1.54) is 0 Å². The number of amides is 1. The number of pyridine rings is 1. The number of imidazole rings is 1. The second-order valence-electron chi connectivity index (χ2n) is 4.52. The van der Waals surface area contributed by atoms with Gasteiger partial charge < -0.3 is 19.8 Å². The average molecular weight is 260 g/mol. The maximum Gasteiger partial charge on any atom is 0.252 e. The molecule has 0 saturated carbocycles. The largest absolute Gasteiger partial charge is 0.374 e. The van der Waals surface area contributed by atoms with Crippen LogP contribution < -0.4 is 10.6 Å². The Morgan fingerprint density at radius 1 is 1.58 bits per heavy atom. The Bertz CT molecular complexity index is 575. The summed E-state index contributed by atoms with van der Waals surface area (Å²) in [5.74, 6) is -0.0928. The van der Waals surface area contributed by atoms with Gasteiger partial charge in [-0.25, -0.2) is 4.98 Å². The van der Waals surface area contributed by atoms with E-state index in [4.69, 9.17) is 4.74 Å². The fourth-order valence-corrected chi connectivity index (χ4v) is 2.11. The number of rotatable bonds is 3. The smallest absolute Gasteiger partial charge is 0.252 e. The molecule has 0 aromatic carbocycles. The van der Waals surface area contributed by atoms with Gasteiger partial charge in [-0.1, -0.05) is 0 Å². The first-order valence-corrected chi connectivity index (χ1v) is 6.36. The van der Waals surface area contributed by atoms with Crippen LogP contribution in [0.4, 0.5) is 0 Å². The van der Waals surface area contributed by atoms with Gasteiger partial charge in [-0.3, -0.25) is 4.79 Å². The fraction of sp³-hybridized carbons (Fsp3) is 0.385. The summed E-state index contributed by atoms with van der Waals surface area (Å²) in [5.41, 5.74) is 1.45. The van der Waals surface area contributed by atoms with Crippen molar-refractivity contribution in [3.05, 3.63) is 36.3 Å². The summed E-state index contributed by atoms with van der Waals surface area (Å²) < 4.78 is 7.36. The molecule has 1 saturated heterocycles. The van der Waals surface area contributed by atoms with E-state index < -0.39 is 0 Å². The molecule has 2 N–H and O–H groups in total. The number of hydrogen-bond acceptors (Lipinski definition) is 4. The standard InChI is InChI=1S/C13H16N4O2/c18-13(16-8-11-7-14-4-6-19-11)10-1-2-12-15-3-5-17(12)9-10/h1-3,5,9,11,14H,4,6-8H2,(H,16,18). The minimum Gasteiger partial charge on any atom is -0.374 e. The van der Waals surface area contributed by atoms with E-state index in [1.54, 1.807) is 18.5 Å². The van der Waals surface area contributed by atoms with Crippen molar-refractivity contribution in [2.75, 3.05) is 26.2 Å². The van der Waals surface area contributed by atoms with E-state index >= 15 is 0 Å². The Hall–Kier alpha value is -1.92. The van der Waals surface area contributed by atoms with E-state index in [0.717, 1.165) is 18.7 Å². The van der Waals surface area contributed by atoms with Gasteiger partial charge in [0.05, 0.1) is 18.3 Å². The SMILES string of the molecule is O=C(NCC1CNCCO1)c1ccc2nccn2c1. The van der Waals surface area contributed by atoms with E-state index in [1.807, 2.05) is 16.7 Å². The van der Waals surface area contributed by atoms with Crippen LogP contribution in [0.1, 0.15) is 10.4 Å². The molecule has 1 aliphatic heterocycles. The third-order valence-corrected chi connectivity index (χ3v) is 3.15. The first-order chi connectivity index (χ1) is 9.33. The molecular weight excluding hydrogens is 244 g/mol. The first-order valence-electron chi connectivity index (χ1n) is 6.36. The van der Waals surface area contributed by atoms with Crippen molar-refractivity contribution in [1.82, 2.24) is 20.0 Å². The predicted octanol–water partition coefficient (Wildman–Crippen LogP) is 0.0525. The van der Waals surface area contributed by atoms with Gasteiger partial charge >= 0.3 is 0 Å². The predicted molar refractivity (Wildman–Crippen MR) is 70.1 cm³/mol. The van der Waals surface area contributed by atoms with Crippen LogP contribution in [-0.4, -0.2) is 47.6 Å². The van der Waals surface area contributed by atoms with Crippen molar-refractivity contribution in [3.8, 4) is 0 Å². The Morgan fingerprint density at radius 2 is 2.53 bits per heavy atom. The van der Waals surface area contributed by atoms with E-state index in [2.05, 4.69) is 15.6 Å². The molecule has 19 heavy (non-hydrogen) atoms. The van der Waals surface area contributed by atoms with Gasteiger partial charge in [0, 0.05) is 38.2 Å². The van der Waals surface area contributed by atoms with Crippen molar-refractivity contribution in [2.24, 2.45) is 0 Å². The topological polar surface area (TPSA) is 67.7 Å². The zero-order valence-corrected chi connectivity index (χ0v) is 10.5. The summed E-state index contributed by atoms with van der Waals surface area (Å²) >= 11 is 0. The number of nitrogens with zero attached hydrogens (tertiary/aromatic N) is 2. The van der Waals surface area contributed by atoms with Gasteiger partial charge in [0.15, 0.2) is 0 Å². The molecule has 1 aliphatic rings. The van der Waals surface area contributed by atoms with Crippen molar-refractivity contribution < 1.29 is 9.53 Å². The van der Waals surface area contributed by atoms with Crippen LogP contribution in [0, 0.1) is 0 Å². The lowest BCUT2D eigenvalue weighted by Gasteiger charge is -2.23. The quantitative estimate of drug-likeness (QED) is 0.818. The van der Waals surface area contributed by atoms with Gasteiger partial charge in [0.2, 0.25) is 0 Å². The van der Waals surface area contributed by atoms with Gasteiger partial charge in [0.1, 0.15) is 5.65 Å². The molecule has 6 heteroatoms. The Balaban J connectivity index is 1.62. The number of aromatic nitrogens is 2. The summed E-state index contributed by atoms with van der Waals surface area (Å²) in [7, 11) is 0. The number of hydrogen-bond donors (Lipinski definition) is 2. The molecule has 0 bridgehead atoms. The van der Waals surface area contributed by atoms with Crippen LogP contribution in [-0.2, 0) is 4.74 Å². The maximum absolute atomic E-state index is 12.0. The second kappa shape index (κ2) is 5.38. The van der Waals surface area contributed by atoms with Crippen molar-refractivity contribution >= 4 is 11.6 Å². The second-order valence-corrected chi connectivity index (χ2v) is 4.52. The number of ether oxygens (including phenoxy) is 1. The minimum atomic E-state index is -0.0928. The molecule has 1 fully saturated rings. The molecular formula is C13H16N4O2. The van der Waals surface area contributed by atoms with E-state index in [-0.39, 0.29) is 12.0 Å². The van der Waals surface area contributed by atoms with Crippen LogP contribution >= 0.6 is 0 Å². The van der Waals surface area contributed by atoms with E-state index in [0.29, 0.717) is 18.7 Å². The van der Waals surface area contributed by atoms with Gasteiger partial charge in [-0.05, 0) is 12.1 Å². The van der Waals surface area contributed by atoms with Crippen molar-refractivity contribution in [1.29, 1.82) is 0 Å². The lowest BCUT2D eigenvalue weighted by Crippen LogP contribution is -2.45. The number of carbonyl (C=O) groups is 1. The lowest BCUT2D eigenvalue weighted by atomic mass is 10.2. The van der Waals surface area contributed by atoms with Crippen LogP contribution in [0.5, 0.6) is 0 Å². The van der Waals surface area contributed by atoms with E-state index in [9.17, 15) is 4.79 Å². The van der Waals surface area contributed by atoms with Crippen molar-refractivity contribution in [2.45, 2.75) is 6.10 Å². The molecule has 2 aromatic rings. The summed E-state index contributed by atoms with van der Waals surface area (Å²) in [6.07, 6.45) is 5.35. The highest BCUT2D eigenvalue weighted by Gasteiger charge is 2.15. The summed E-state index contributed by atoms with van der Waals surface area (Å²) in [5, 5.41) is 6.12. The van der Waals surface area contributed by atoms with Gasteiger partial charge in [-0.2, -0.15) is 0 Å². The minimum absolute atomic E-state index is 0.0506. The maximum atomic E-state index is 12.0. The Labute approximate surface area is 110 Å². The summed E-state index contributed by atoms with van der Waals surface area (Å²) in [6, 6.07) is 3.60. The zero-order chi connectivity index (χ0) is 13.1. The van der Waals surface area contributed by atoms with Crippen LogP contribution in [0.25, 0.3) is 5.65 Å². The van der Waals surface area contributed by atoms with Crippen molar-refractivity contribution in [3.63, 3.8) is 0 Å². The number of nitrogens with one attached hydrogen (secondary N) is 2. The highest BCUT2D eigenvalue weighted by atomic mass is 16.5. The monoisotopic (exact) mass is 260 g/mol. The third-order valence-electron chi connectivity index (χ3n) is 3.15. The van der Waals surface area contributed by atoms with Gasteiger partial charge in [-0.15, -0.1) is 0 Å². The molecule has 1 amide bonds. The number of morpholine rings is 1. The zero-order valence-electron chi connectivity index (χ0n) is 10.5. The first kappa shape index (κ1) is 12.1. The van der Waals surface area contributed by atoms with Crippen LogP contribution in [0.3, 0.4) is 0 Å². The molecule has 3 heterocycles. The molecule has 6 nitrogen and oxygen atoms in total. The molecule has 3 rings (SSSR count). The molecule has 1 atom stereocenters. The molecule has 0 aliphatic carbocycles. The van der Waals surface area contributed by atoms with Crippen LogP contribution in [0.2, 0.25) is 0 Å². The molecule has 100 valence electrons. The normalized spacial score (nSPS) is 19.5. The molecule has 1 unspecified atom stereocenters.